The summed E-state index contributed by atoms with van der Waals surface area (Å²) in [7, 11) is 0. The number of carbonyl (C=O) groups is 1. The molecule has 15 heavy (non-hydrogen) atoms. The van der Waals surface area contributed by atoms with Crippen LogP contribution >= 0.6 is 22.6 Å². The van der Waals surface area contributed by atoms with Crippen LogP contribution in [0, 0.1) is 3.57 Å². The standard InChI is InChI=1S/C11H13IO3/c1-11(2,10(13)14)15-7-8-3-5-9(12)6-4-8/h3-6H,7H2,1-2H3,(H,13,14). The van der Waals surface area contributed by atoms with E-state index in [-0.39, 0.29) is 0 Å². The second-order valence-corrected chi connectivity index (χ2v) is 4.98. The van der Waals surface area contributed by atoms with E-state index in [9.17, 15) is 4.79 Å². The molecular formula is C11H13IO3. The molecule has 0 aliphatic heterocycles. The van der Waals surface area contributed by atoms with Gasteiger partial charge in [0, 0.05) is 3.57 Å². The van der Waals surface area contributed by atoms with Crippen LogP contribution in [0.3, 0.4) is 0 Å². The molecule has 1 N–H and O–H groups in total. The van der Waals surface area contributed by atoms with E-state index in [1.807, 2.05) is 24.3 Å². The first kappa shape index (κ1) is 12.4. The Morgan fingerprint density at radius 2 is 1.93 bits per heavy atom. The third-order valence-electron chi connectivity index (χ3n) is 2.03. The van der Waals surface area contributed by atoms with E-state index in [0.29, 0.717) is 6.61 Å². The minimum absolute atomic E-state index is 0.316. The lowest BCUT2D eigenvalue weighted by Crippen LogP contribution is -2.34. The number of carboxylic acids is 1. The van der Waals surface area contributed by atoms with Crippen molar-refractivity contribution < 1.29 is 14.6 Å². The molecule has 0 radical (unpaired) electrons. The van der Waals surface area contributed by atoms with Crippen LogP contribution in [0.4, 0.5) is 0 Å². The van der Waals surface area contributed by atoms with Gasteiger partial charge in [-0.3, -0.25) is 0 Å². The summed E-state index contributed by atoms with van der Waals surface area (Å²) in [6.07, 6.45) is 0. The fourth-order valence-corrected chi connectivity index (χ4v) is 1.27. The fraction of sp³-hybridized carbons (Fsp3) is 0.364. The van der Waals surface area contributed by atoms with E-state index in [2.05, 4.69) is 22.6 Å². The number of rotatable bonds is 4. The van der Waals surface area contributed by atoms with E-state index in [1.54, 1.807) is 13.8 Å². The highest BCUT2D eigenvalue weighted by Crippen LogP contribution is 2.14. The Bertz CT molecular complexity index is 343. The Kier molecular flexibility index (Phi) is 4.10. The summed E-state index contributed by atoms with van der Waals surface area (Å²) in [6, 6.07) is 7.79. The quantitative estimate of drug-likeness (QED) is 0.868. The molecule has 0 aliphatic rings. The van der Waals surface area contributed by atoms with Gasteiger partial charge in [-0.05, 0) is 54.1 Å². The monoisotopic (exact) mass is 320 g/mol. The first-order chi connectivity index (χ1) is 6.92. The normalized spacial score (nSPS) is 11.4. The zero-order valence-electron chi connectivity index (χ0n) is 8.66. The maximum absolute atomic E-state index is 10.8. The summed E-state index contributed by atoms with van der Waals surface area (Å²) in [5.74, 6) is -0.951. The predicted molar refractivity (Wildman–Crippen MR) is 65.7 cm³/mol. The maximum atomic E-state index is 10.8. The van der Waals surface area contributed by atoms with Crippen molar-refractivity contribution in [3.05, 3.63) is 33.4 Å². The molecule has 1 aromatic rings. The molecule has 82 valence electrons. The number of ether oxygens (including phenoxy) is 1. The van der Waals surface area contributed by atoms with Gasteiger partial charge in [-0.2, -0.15) is 0 Å². The highest BCUT2D eigenvalue weighted by atomic mass is 127. The summed E-state index contributed by atoms with van der Waals surface area (Å²) in [4.78, 5) is 10.8. The minimum atomic E-state index is -1.14. The van der Waals surface area contributed by atoms with Gasteiger partial charge < -0.3 is 9.84 Å². The number of aliphatic carboxylic acids is 1. The van der Waals surface area contributed by atoms with Crippen molar-refractivity contribution in [2.24, 2.45) is 0 Å². The Labute approximate surface area is 103 Å². The van der Waals surface area contributed by atoms with Crippen LogP contribution in [-0.2, 0) is 16.1 Å². The van der Waals surface area contributed by atoms with E-state index < -0.39 is 11.6 Å². The van der Waals surface area contributed by atoms with Crippen molar-refractivity contribution in [3.8, 4) is 0 Å². The van der Waals surface area contributed by atoms with Crippen LogP contribution in [0.1, 0.15) is 19.4 Å². The second-order valence-electron chi connectivity index (χ2n) is 3.73. The average Bonchev–Trinajstić information content (AvgIpc) is 2.17. The molecule has 0 saturated heterocycles. The van der Waals surface area contributed by atoms with Crippen LogP contribution < -0.4 is 0 Å². The number of benzene rings is 1. The first-order valence-corrected chi connectivity index (χ1v) is 5.61. The van der Waals surface area contributed by atoms with Gasteiger partial charge in [-0.15, -0.1) is 0 Å². The Morgan fingerprint density at radius 3 is 2.40 bits per heavy atom. The molecule has 0 heterocycles. The Balaban J connectivity index is 2.57. The highest BCUT2D eigenvalue weighted by Gasteiger charge is 2.27. The van der Waals surface area contributed by atoms with Gasteiger partial charge in [0.15, 0.2) is 5.60 Å². The smallest absolute Gasteiger partial charge is 0.335 e. The SMILES string of the molecule is CC(C)(OCc1ccc(I)cc1)C(=O)O. The second kappa shape index (κ2) is 4.94. The third-order valence-corrected chi connectivity index (χ3v) is 2.75. The molecule has 1 rings (SSSR count). The lowest BCUT2D eigenvalue weighted by atomic mass is 10.1. The molecule has 0 amide bonds. The largest absolute Gasteiger partial charge is 0.479 e. The summed E-state index contributed by atoms with van der Waals surface area (Å²) in [6.45, 7) is 3.40. The van der Waals surface area contributed by atoms with E-state index in [1.165, 1.54) is 0 Å². The van der Waals surface area contributed by atoms with Crippen molar-refractivity contribution in [3.63, 3.8) is 0 Å². The van der Waals surface area contributed by atoms with Crippen LogP contribution in [-0.4, -0.2) is 16.7 Å². The fourth-order valence-electron chi connectivity index (χ4n) is 0.906. The molecule has 0 aromatic heterocycles. The number of carboxylic acid groups (broad SMARTS) is 1. The van der Waals surface area contributed by atoms with Crippen molar-refractivity contribution in [1.82, 2.24) is 0 Å². The van der Waals surface area contributed by atoms with Gasteiger partial charge >= 0.3 is 5.97 Å². The molecule has 0 unspecified atom stereocenters. The number of hydrogen-bond acceptors (Lipinski definition) is 2. The summed E-state index contributed by atoms with van der Waals surface area (Å²) in [5.41, 5.74) is -0.159. The van der Waals surface area contributed by atoms with Gasteiger partial charge in [-0.1, -0.05) is 12.1 Å². The predicted octanol–water partition coefficient (Wildman–Crippen LogP) is 2.67. The molecule has 0 saturated carbocycles. The number of hydrogen-bond donors (Lipinski definition) is 1. The zero-order valence-corrected chi connectivity index (χ0v) is 10.8. The molecule has 1 aromatic carbocycles. The molecule has 4 heteroatoms. The van der Waals surface area contributed by atoms with Gasteiger partial charge in [0.2, 0.25) is 0 Å². The molecule has 0 aliphatic carbocycles. The maximum Gasteiger partial charge on any atom is 0.335 e. The molecule has 0 spiro atoms. The first-order valence-electron chi connectivity index (χ1n) is 4.53. The molecule has 0 fully saturated rings. The van der Waals surface area contributed by atoms with Crippen LogP contribution in [0.5, 0.6) is 0 Å². The van der Waals surface area contributed by atoms with Gasteiger partial charge in [0.05, 0.1) is 6.61 Å². The number of halogens is 1. The van der Waals surface area contributed by atoms with Crippen molar-refractivity contribution in [2.75, 3.05) is 0 Å². The van der Waals surface area contributed by atoms with E-state index in [0.717, 1.165) is 9.13 Å². The Morgan fingerprint density at radius 1 is 1.40 bits per heavy atom. The lowest BCUT2D eigenvalue weighted by molar-refractivity contribution is -0.162. The van der Waals surface area contributed by atoms with E-state index in [4.69, 9.17) is 9.84 Å². The van der Waals surface area contributed by atoms with Crippen molar-refractivity contribution in [1.29, 1.82) is 0 Å². The molecular weight excluding hydrogens is 307 g/mol. The molecule has 0 atom stereocenters. The van der Waals surface area contributed by atoms with Crippen LogP contribution in [0.15, 0.2) is 24.3 Å². The zero-order chi connectivity index (χ0) is 11.5. The Hall–Kier alpha value is -0.620. The molecule has 3 nitrogen and oxygen atoms in total. The average molecular weight is 320 g/mol. The van der Waals surface area contributed by atoms with Gasteiger partial charge in [0.25, 0.3) is 0 Å². The van der Waals surface area contributed by atoms with E-state index >= 15 is 0 Å². The van der Waals surface area contributed by atoms with Crippen molar-refractivity contribution in [2.45, 2.75) is 26.1 Å². The lowest BCUT2D eigenvalue weighted by Gasteiger charge is -2.19. The van der Waals surface area contributed by atoms with Gasteiger partial charge in [0.1, 0.15) is 0 Å². The highest BCUT2D eigenvalue weighted by molar-refractivity contribution is 14.1. The van der Waals surface area contributed by atoms with Crippen LogP contribution in [0.25, 0.3) is 0 Å². The molecule has 0 bridgehead atoms. The third kappa shape index (κ3) is 3.79. The summed E-state index contributed by atoms with van der Waals surface area (Å²) >= 11 is 2.22. The van der Waals surface area contributed by atoms with Gasteiger partial charge in [-0.25, -0.2) is 4.79 Å². The minimum Gasteiger partial charge on any atom is -0.479 e. The summed E-state index contributed by atoms with van der Waals surface area (Å²) in [5, 5.41) is 8.84. The van der Waals surface area contributed by atoms with Crippen LogP contribution in [0.2, 0.25) is 0 Å². The summed E-state index contributed by atoms with van der Waals surface area (Å²) < 4.78 is 6.46. The topological polar surface area (TPSA) is 46.5 Å². The van der Waals surface area contributed by atoms with Crippen molar-refractivity contribution >= 4 is 28.6 Å².